The quantitative estimate of drug-likeness (QED) is 0.145. The number of halogens is 5. The maximum Gasteiger partial charge on any atom is 0.416 e. The minimum absolute atomic E-state index is 0.0182. The zero-order valence-electron chi connectivity index (χ0n) is 17.6. The van der Waals surface area contributed by atoms with Crippen LogP contribution in [0, 0.1) is 15.9 Å². The average Bonchev–Trinajstić information content (AvgIpc) is 2.79. The molecule has 0 saturated carbocycles. The zero-order chi connectivity index (χ0) is 25.8. The van der Waals surface area contributed by atoms with Crippen LogP contribution in [-0.2, 0) is 15.7 Å². The van der Waals surface area contributed by atoms with Crippen LogP contribution in [0.5, 0.6) is 28.7 Å². The van der Waals surface area contributed by atoms with Gasteiger partial charge >= 0.3 is 17.8 Å². The summed E-state index contributed by atoms with van der Waals surface area (Å²) in [5.41, 5.74) is -1.83. The van der Waals surface area contributed by atoms with Gasteiger partial charge in [-0.1, -0.05) is 23.7 Å². The lowest BCUT2D eigenvalue weighted by Crippen LogP contribution is -2.12. The molecule has 184 valence electrons. The van der Waals surface area contributed by atoms with Gasteiger partial charge in [-0.3, -0.25) is 10.1 Å². The average molecular weight is 516 g/mol. The first-order valence-corrected chi connectivity index (χ1v) is 9.86. The molecule has 0 aliphatic rings. The molecule has 0 saturated heterocycles. The van der Waals surface area contributed by atoms with E-state index in [2.05, 4.69) is 4.74 Å². The summed E-state index contributed by atoms with van der Waals surface area (Å²) in [6.07, 6.45) is -4.83. The van der Waals surface area contributed by atoms with Crippen LogP contribution in [0.15, 0.2) is 54.6 Å². The minimum Gasteiger partial charge on any atom is -0.478 e. The lowest BCUT2D eigenvalue weighted by atomic mass is 10.2. The second kappa shape index (κ2) is 10.5. The van der Waals surface area contributed by atoms with Crippen molar-refractivity contribution in [2.24, 2.45) is 0 Å². The summed E-state index contributed by atoms with van der Waals surface area (Å²) in [5, 5.41) is 10.8. The highest BCUT2D eigenvalue weighted by atomic mass is 35.5. The van der Waals surface area contributed by atoms with Crippen LogP contribution in [0.4, 0.5) is 23.2 Å². The van der Waals surface area contributed by atoms with Crippen LogP contribution < -0.4 is 14.2 Å². The predicted octanol–water partition coefficient (Wildman–Crippen LogP) is 6.54. The second-order valence-corrected chi connectivity index (χ2v) is 7.08. The fraction of sp³-hybridized carbons (Fsp3) is 0.136. The van der Waals surface area contributed by atoms with Crippen molar-refractivity contribution in [2.75, 3.05) is 13.7 Å². The van der Waals surface area contributed by atoms with Gasteiger partial charge in [0.2, 0.25) is 5.75 Å². The molecule has 3 aromatic carbocycles. The predicted molar refractivity (Wildman–Crippen MR) is 114 cm³/mol. The summed E-state index contributed by atoms with van der Waals surface area (Å²) in [5.74, 6) is -3.36. The molecule has 0 spiro atoms. The van der Waals surface area contributed by atoms with Crippen molar-refractivity contribution < 1.29 is 46.2 Å². The summed E-state index contributed by atoms with van der Waals surface area (Å²) >= 11 is 5.78. The van der Waals surface area contributed by atoms with Crippen molar-refractivity contribution in [3.8, 4) is 28.7 Å². The van der Waals surface area contributed by atoms with Gasteiger partial charge in [-0.05, 0) is 30.3 Å². The number of alkyl halides is 3. The number of hydrogen-bond acceptors (Lipinski definition) is 7. The standard InChI is InChI=1S/C22H14ClF4NO7/c1-32-20(29)11-33-17-4-2-3-5-18(17)35-19-10-13(6-7-16(19)28(30)31)34-21-14(23)8-12(9-15(21)24)22(25,26)27/h2-10H,11H2,1H3. The molecule has 0 N–H and O–H groups in total. The van der Waals surface area contributed by atoms with Crippen LogP contribution in [-0.4, -0.2) is 24.6 Å². The van der Waals surface area contributed by atoms with Gasteiger partial charge in [0.1, 0.15) is 5.75 Å². The number of carbonyl (C=O) groups excluding carboxylic acids is 1. The van der Waals surface area contributed by atoms with E-state index >= 15 is 0 Å². The Hall–Kier alpha value is -4.06. The minimum atomic E-state index is -4.83. The molecular weight excluding hydrogens is 502 g/mol. The Morgan fingerprint density at radius 2 is 1.71 bits per heavy atom. The Bertz CT molecular complexity index is 1240. The largest absolute Gasteiger partial charge is 0.478 e. The van der Waals surface area contributed by atoms with E-state index in [4.69, 9.17) is 25.8 Å². The van der Waals surface area contributed by atoms with Crippen LogP contribution in [0.2, 0.25) is 5.02 Å². The molecule has 0 amide bonds. The Morgan fingerprint density at radius 1 is 1.03 bits per heavy atom. The van der Waals surface area contributed by atoms with Crippen molar-refractivity contribution in [1.82, 2.24) is 0 Å². The summed E-state index contributed by atoms with van der Waals surface area (Å²) in [6, 6.07) is 9.69. The molecule has 3 rings (SSSR count). The third kappa shape index (κ3) is 6.29. The van der Waals surface area contributed by atoms with Crippen LogP contribution in [0.3, 0.4) is 0 Å². The molecule has 0 atom stereocenters. The highest BCUT2D eigenvalue weighted by Crippen LogP contribution is 2.42. The number of nitro groups is 1. The monoisotopic (exact) mass is 515 g/mol. The third-order valence-electron chi connectivity index (χ3n) is 4.32. The van der Waals surface area contributed by atoms with Crippen LogP contribution >= 0.6 is 11.6 Å². The van der Waals surface area contributed by atoms with Gasteiger partial charge in [0.25, 0.3) is 0 Å². The van der Waals surface area contributed by atoms with E-state index in [-0.39, 0.29) is 29.1 Å². The molecule has 0 radical (unpaired) electrons. The molecule has 8 nitrogen and oxygen atoms in total. The van der Waals surface area contributed by atoms with Crippen LogP contribution in [0.25, 0.3) is 0 Å². The van der Waals surface area contributed by atoms with Gasteiger partial charge in [-0.25, -0.2) is 9.18 Å². The highest BCUT2D eigenvalue weighted by molar-refractivity contribution is 6.32. The fourth-order valence-corrected chi connectivity index (χ4v) is 2.94. The van der Waals surface area contributed by atoms with Crippen molar-refractivity contribution in [3.63, 3.8) is 0 Å². The molecule has 35 heavy (non-hydrogen) atoms. The summed E-state index contributed by atoms with van der Waals surface area (Å²) < 4.78 is 73.5. The van der Waals surface area contributed by atoms with E-state index in [1.807, 2.05) is 0 Å². The van der Waals surface area contributed by atoms with Crippen molar-refractivity contribution >= 4 is 23.3 Å². The number of ether oxygens (including phenoxy) is 4. The van der Waals surface area contributed by atoms with Gasteiger partial charge in [0, 0.05) is 12.1 Å². The third-order valence-corrected chi connectivity index (χ3v) is 4.60. The molecule has 0 heterocycles. The maximum absolute atomic E-state index is 14.3. The molecule has 3 aromatic rings. The SMILES string of the molecule is COC(=O)COc1ccccc1Oc1cc(Oc2c(F)cc(C(F)(F)F)cc2Cl)ccc1[N+](=O)[O-]. The topological polar surface area (TPSA) is 97.1 Å². The molecule has 0 aromatic heterocycles. The van der Waals surface area contributed by atoms with E-state index in [9.17, 15) is 32.5 Å². The lowest BCUT2D eigenvalue weighted by molar-refractivity contribution is -0.385. The first-order chi connectivity index (χ1) is 16.5. The molecule has 0 bridgehead atoms. The maximum atomic E-state index is 14.3. The molecular formula is C22H14ClF4NO7. The van der Waals surface area contributed by atoms with Crippen molar-refractivity contribution in [3.05, 3.63) is 81.1 Å². The van der Waals surface area contributed by atoms with Gasteiger partial charge in [0.15, 0.2) is 29.7 Å². The number of nitro benzene ring substituents is 1. The van der Waals surface area contributed by atoms with Gasteiger partial charge in [-0.15, -0.1) is 0 Å². The number of benzene rings is 3. The summed E-state index contributed by atoms with van der Waals surface area (Å²) in [7, 11) is 1.16. The highest BCUT2D eigenvalue weighted by Gasteiger charge is 2.33. The van der Waals surface area contributed by atoms with Gasteiger partial charge in [0.05, 0.1) is 22.6 Å². The number of hydrogen-bond donors (Lipinski definition) is 0. The van der Waals surface area contributed by atoms with E-state index in [1.54, 1.807) is 6.07 Å². The molecule has 0 fully saturated rings. The second-order valence-electron chi connectivity index (χ2n) is 6.67. The lowest BCUT2D eigenvalue weighted by Gasteiger charge is -2.14. The van der Waals surface area contributed by atoms with Crippen molar-refractivity contribution in [2.45, 2.75) is 6.18 Å². The van der Waals surface area contributed by atoms with E-state index in [0.29, 0.717) is 6.07 Å². The number of esters is 1. The number of rotatable bonds is 8. The Morgan fingerprint density at radius 3 is 2.31 bits per heavy atom. The Kier molecular flexibility index (Phi) is 7.65. The number of nitrogens with zero attached hydrogens (tertiary/aromatic N) is 1. The van der Waals surface area contributed by atoms with E-state index in [0.717, 1.165) is 25.3 Å². The van der Waals surface area contributed by atoms with Crippen molar-refractivity contribution in [1.29, 1.82) is 0 Å². The van der Waals surface area contributed by atoms with E-state index < -0.39 is 51.5 Å². The number of methoxy groups -OCH3 is 1. The smallest absolute Gasteiger partial charge is 0.416 e. The molecule has 13 heteroatoms. The summed E-state index contributed by atoms with van der Waals surface area (Å²) in [6.45, 7) is -0.464. The first kappa shape index (κ1) is 25.6. The zero-order valence-corrected chi connectivity index (χ0v) is 18.4. The van der Waals surface area contributed by atoms with E-state index in [1.165, 1.54) is 18.2 Å². The van der Waals surface area contributed by atoms with Gasteiger partial charge in [-0.2, -0.15) is 13.2 Å². The van der Waals surface area contributed by atoms with Gasteiger partial charge < -0.3 is 18.9 Å². The number of carbonyl (C=O) groups is 1. The Balaban J connectivity index is 1.94. The first-order valence-electron chi connectivity index (χ1n) is 9.48. The fourth-order valence-electron chi connectivity index (χ4n) is 2.70. The number of para-hydroxylation sites is 2. The summed E-state index contributed by atoms with van der Waals surface area (Å²) in [4.78, 5) is 22.1. The van der Waals surface area contributed by atoms with Crippen LogP contribution in [0.1, 0.15) is 5.56 Å². The molecule has 0 aliphatic heterocycles. The normalized spacial score (nSPS) is 11.0. The molecule has 0 aliphatic carbocycles. The Labute approximate surface area is 199 Å². The molecule has 0 unspecified atom stereocenters.